The predicted octanol–water partition coefficient (Wildman–Crippen LogP) is 5.59. The molecular formula is C24H16ClFN2O2. The number of aromatic nitrogens is 2. The summed E-state index contributed by atoms with van der Waals surface area (Å²) in [6, 6.07) is 13.9. The van der Waals surface area contributed by atoms with Crippen molar-refractivity contribution in [3.8, 4) is 11.1 Å². The number of carbonyl (C=O) groups is 1. The maximum absolute atomic E-state index is 13.4. The Kier molecular flexibility index (Phi) is 5.29. The zero-order chi connectivity index (χ0) is 21.3. The van der Waals surface area contributed by atoms with Crippen molar-refractivity contribution < 1.29 is 9.18 Å². The number of H-pyrrole nitrogens is 1. The Labute approximate surface area is 176 Å². The molecule has 2 heterocycles. The summed E-state index contributed by atoms with van der Waals surface area (Å²) in [6.07, 6.45) is 5.18. The number of hydrogen-bond donors (Lipinski definition) is 1. The molecule has 6 heteroatoms. The van der Waals surface area contributed by atoms with Crippen LogP contribution in [-0.4, -0.2) is 15.8 Å². The minimum absolute atomic E-state index is 0.00534. The molecule has 0 spiro atoms. The molecule has 0 saturated heterocycles. The number of ketones is 1. The van der Waals surface area contributed by atoms with E-state index in [0.29, 0.717) is 27.1 Å². The van der Waals surface area contributed by atoms with E-state index >= 15 is 0 Å². The Bertz CT molecular complexity index is 1360. The number of hydrogen-bond acceptors (Lipinski definition) is 3. The van der Waals surface area contributed by atoms with Crippen LogP contribution in [0.15, 0.2) is 71.8 Å². The van der Waals surface area contributed by atoms with Gasteiger partial charge in [-0.05, 0) is 54.5 Å². The van der Waals surface area contributed by atoms with Crippen molar-refractivity contribution in [3.05, 3.63) is 105 Å². The molecule has 4 nitrogen and oxygen atoms in total. The highest BCUT2D eigenvalue weighted by Gasteiger charge is 2.19. The Morgan fingerprint density at radius 1 is 1.10 bits per heavy atom. The van der Waals surface area contributed by atoms with Gasteiger partial charge in [0, 0.05) is 27.7 Å². The summed E-state index contributed by atoms with van der Waals surface area (Å²) in [4.78, 5) is 32.4. The average Bonchev–Trinajstić information content (AvgIpc) is 2.72. The van der Waals surface area contributed by atoms with Gasteiger partial charge in [0.15, 0.2) is 5.78 Å². The van der Waals surface area contributed by atoms with Crippen molar-refractivity contribution in [3.63, 3.8) is 0 Å². The molecule has 2 aromatic heterocycles. The van der Waals surface area contributed by atoms with Crippen LogP contribution in [0.5, 0.6) is 0 Å². The largest absolute Gasteiger partial charge is 0.321 e. The van der Waals surface area contributed by atoms with Gasteiger partial charge in [0.05, 0.1) is 11.8 Å². The van der Waals surface area contributed by atoms with Gasteiger partial charge in [-0.15, -0.1) is 0 Å². The fourth-order valence-corrected chi connectivity index (χ4v) is 3.47. The first kappa shape index (κ1) is 19.7. The zero-order valence-electron chi connectivity index (χ0n) is 15.9. The molecule has 148 valence electrons. The molecule has 0 aliphatic carbocycles. The summed E-state index contributed by atoms with van der Waals surface area (Å²) >= 11 is 6.20. The summed E-state index contributed by atoms with van der Waals surface area (Å²) in [6.45, 7) is 1.96. The number of rotatable bonds is 4. The standard InChI is InChI=1S/C24H16ClFN2O2/c1-14-2-5-16(6-3-14)22-19-11-17(25)7-8-20(19)28-24(30)23(22)21(29)9-4-15-10-18(26)13-27-12-15/h2-13H,1H3,(H,28,30)/b9-4+. The number of pyridine rings is 2. The summed E-state index contributed by atoms with van der Waals surface area (Å²) in [5.74, 6) is -1.01. The maximum atomic E-state index is 13.4. The molecule has 0 bridgehead atoms. The van der Waals surface area contributed by atoms with Gasteiger partial charge in [0.2, 0.25) is 0 Å². The van der Waals surface area contributed by atoms with E-state index in [1.807, 2.05) is 31.2 Å². The Morgan fingerprint density at radius 2 is 1.87 bits per heavy atom. The third-order valence-electron chi connectivity index (χ3n) is 4.72. The first-order chi connectivity index (χ1) is 14.4. The van der Waals surface area contributed by atoms with Gasteiger partial charge < -0.3 is 4.98 Å². The second-order valence-corrected chi connectivity index (χ2v) is 7.33. The van der Waals surface area contributed by atoms with Gasteiger partial charge in [-0.2, -0.15) is 0 Å². The highest BCUT2D eigenvalue weighted by Crippen LogP contribution is 2.32. The number of fused-ring (bicyclic) bond motifs is 1. The van der Waals surface area contributed by atoms with E-state index < -0.39 is 17.2 Å². The topological polar surface area (TPSA) is 62.8 Å². The molecule has 0 amide bonds. The van der Waals surface area contributed by atoms with Gasteiger partial charge in [0.25, 0.3) is 5.56 Å². The minimum atomic E-state index is -0.511. The fourth-order valence-electron chi connectivity index (χ4n) is 3.30. The third kappa shape index (κ3) is 3.93. The van der Waals surface area contributed by atoms with Gasteiger partial charge in [-0.1, -0.05) is 41.4 Å². The number of benzene rings is 2. The van der Waals surface area contributed by atoms with Crippen LogP contribution in [0.4, 0.5) is 4.39 Å². The van der Waals surface area contributed by atoms with E-state index in [1.54, 1.807) is 18.2 Å². The van der Waals surface area contributed by atoms with Gasteiger partial charge in [0.1, 0.15) is 5.82 Å². The van der Waals surface area contributed by atoms with Gasteiger partial charge >= 0.3 is 0 Å². The quantitative estimate of drug-likeness (QED) is 0.347. The molecule has 0 aliphatic heterocycles. The molecule has 0 radical (unpaired) electrons. The van der Waals surface area contributed by atoms with Crippen LogP contribution in [0.25, 0.3) is 28.1 Å². The molecule has 4 rings (SSSR count). The maximum Gasteiger partial charge on any atom is 0.260 e. The fraction of sp³-hybridized carbons (Fsp3) is 0.0417. The van der Waals surface area contributed by atoms with E-state index in [-0.39, 0.29) is 5.56 Å². The van der Waals surface area contributed by atoms with Gasteiger partial charge in [-0.25, -0.2) is 4.39 Å². The van der Waals surface area contributed by atoms with E-state index in [0.717, 1.165) is 17.3 Å². The Hall–Kier alpha value is -3.57. The second kappa shape index (κ2) is 8.05. The number of aryl methyl sites for hydroxylation is 1. The monoisotopic (exact) mass is 418 g/mol. The second-order valence-electron chi connectivity index (χ2n) is 6.89. The first-order valence-corrected chi connectivity index (χ1v) is 9.56. The van der Waals surface area contributed by atoms with Crippen molar-refractivity contribution in [2.24, 2.45) is 0 Å². The smallest absolute Gasteiger partial charge is 0.260 e. The zero-order valence-corrected chi connectivity index (χ0v) is 16.7. The van der Waals surface area contributed by atoms with Gasteiger partial charge in [-0.3, -0.25) is 14.6 Å². The van der Waals surface area contributed by atoms with Crippen LogP contribution in [0.2, 0.25) is 5.02 Å². The number of aromatic amines is 1. The lowest BCUT2D eigenvalue weighted by Crippen LogP contribution is -2.18. The van der Waals surface area contributed by atoms with E-state index in [2.05, 4.69) is 9.97 Å². The average molecular weight is 419 g/mol. The molecule has 0 atom stereocenters. The van der Waals surface area contributed by atoms with E-state index in [1.165, 1.54) is 24.4 Å². The number of allylic oxidation sites excluding steroid dienone is 1. The van der Waals surface area contributed by atoms with E-state index in [9.17, 15) is 14.0 Å². The molecule has 0 saturated carbocycles. The molecule has 4 aromatic rings. The first-order valence-electron chi connectivity index (χ1n) is 9.18. The van der Waals surface area contributed by atoms with Crippen LogP contribution in [0.1, 0.15) is 21.5 Å². The highest BCUT2D eigenvalue weighted by molar-refractivity contribution is 6.31. The summed E-state index contributed by atoms with van der Waals surface area (Å²) in [5.41, 5.74) is 2.76. The SMILES string of the molecule is Cc1ccc(-c2c(C(=O)/C=C/c3cncc(F)c3)c(=O)[nH]c3ccc(Cl)cc23)cc1. The molecule has 30 heavy (non-hydrogen) atoms. The predicted molar refractivity (Wildman–Crippen MR) is 117 cm³/mol. The summed E-state index contributed by atoms with van der Waals surface area (Å²) in [5, 5.41) is 1.15. The number of halogens is 2. The van der Waals surface area contributed by atoms with E-state index in [4.69, 9.17) is 11.6 Å². The van der Waals surface area contributed by atoms with Crippen molar-refractivity contribution in [2.45, 2.75) is 6.92 Å². The Balaban J connectivity index is 1.93. The summed E-state index contributed by atoms with van der Waals surface area (Å²) < 4.78 is 13.4. The molecule has 1 N–H and O–H groups in total. The van der Waals surface area contributed by atoms with Crippen molar-refractivity contribution in [2.75, 3.05) is 0 Å². The van der Waals surface area contributed by atoms with Crippen LogP contribution in [0, 0.1) is 12.7 Å². The minimum Gasteiger partial charge on any atom is -0.321 e. The van der Waals surface area contributed by atoms with Crippen LogP contribution >= 0.6 is 11.6 Å². The Morgan fingerprint density at radius 3 is 2.60 bits per heavy atom. The summed E-state index contributed by atoms with van der Waals surface area (Å²) in [7, 11) is 0. The molecule has 0 aliphatic rings. The van der Waals surface area contributed by atoms with Crippen molar-refractivity contribution in [1.29, 1.82) is 0 Å². The lowest BCUT2D eigenvalue weighted by Gasteiger charge is -2.12. The normalized spacial score (nSPS) is 11.3. The van der Waals surface area contributed by atoms with Crippen LogP contribution in [0.3, 0.4) is 0 Å². The number of nitrogens with zero attached hydrogens (tertiary/aromatic N) is 1. The molecule has 0 fully saturated rings. The van der Waals surface area contributed by atoms with Crippen LogP contribution < -0.4 is 5.56 Å². The van der Waals surface area contributed by atoms with Crippen molar-refractivity contribution >= 4 is 34.4 Å². The molecular weight excluding hydrogens is 403 g/mol. The third-order valence-corrected chi connectivity index (χ3v) is 4.95. The molecule has 0 unspecified atom stereocenters. The lowest BCUT2D eigenvalue weighted by molar-refractivity contribution is 0.104. The lowest BCUT2D eigenvalue weighted by atomic mass is 9.93. The van der Waals surface area contributed by atoms with Crippen LogP contribution in [-0.2, 0) is 0 Å². The highest BCUT2D eigenvalue weighted by atomic mass is 35.5. The number of carbonyl (C=O) groups excluding carboxylic acids is 1. The number of nitrogens with one attached hydrogen (secondary N) is 1. The van der Waals surface area contributed by atoms with Crippen molar-refractivity contribution in [1.82, 2.24) is 9.97 Å². The molecule has 2 aromatic carbocycles.